The number of nitro groups is 1. The van der Waals surface area contributed by atoms with E-state index in [9.17, 15) is 14.9 Å². The summed E-state index contributed by atoms with van der Waals surface area (Å²) in [5.41, 5.74) is 5.18. The van der Waals surface area contributed by atoms with E-state index in [0.29, 0.717) is 0 Å². The van der Waals surface area contributed by atoms with E-state index in [1.54, 1.807) is 0 Å². The number of rotatable bonds is 4. The van der Waals surface area contributed by atoms with Crippen LogP contribution >= 0.6 is 25.3 Å². The van der Waals surface area contributed by atoms with Gasteiger partial charge in [-0.05, 0) is 6.07 Å². The molecule has 0 radical (unpaired) electrons. The molecule has 0 aliphatic rings. The zero-order valence-corrected chi connectivity index (χ0v) is 10.3. The molecule has 1 unspecified atom stereocenters. The molecule has 0 bridgehead atoms. The zero-order chi connectivity index (χ0) is 13.2. The Bertz CT molecular complexity index is 478. The first-order chi connectivity index (χ1) is 7.90. The average Bonchev–Trinajstić information content (AvgIpc) is 2.26. The molecular weight excluding hydrogens is 264 g/mol. The molecule has 0 saturated carbocycles. The molecule has 0 aliphatic carbocycles. The molecule has 1 rings (SSSR count). The van der Waals surface area contributed by atoms with Crippen molar-refractivity contribution < 1.29 is 14.8 Å². The van der Waals surface area contributed by atoms with Gasteiger partial charge in [0.05, 0.1) is 16.1 Å². The normalized spacial score (nSPS) is 12.2. The van der Waals surface area contributed by atoms with E-state index in [1.807, 2.05) is 0 Å². The molecule has 0 amide bonds. The summed E-state index contributed by atoms with van der Waals surface area (Å²) in [5, 5.41) is 19.1. The van der Waals surface area contributed by atoms with Gasteiger partial charge in [-0.15, -0.1) is 12.6 Å². The van der Waals surface area contributed by atoms with Crippen LogP contribution in [0.3, 0.4) is 0 Å². The second-order valence-corrected chi connectivity index (χ2v) is 4.28. The van der Waals surface area contributed by atoms with Crippen LogP contribution < -0.4 is 5.73 Å². The minimum atomic E-state index is -1.20. The number of carboxylic acids is 1. The number of hydrogen-bond acceptors (Lipinski definition) is 6. The smallest absolute Gasteiger partial charge is 0.336 e. The fourth-order valence-electron chi connectivity index (χ4n) is 1.38. The fourth-order valence-corrected chi connectivity index (χ4v) is 2.18. The van der Waals surface area contributed by atoms with Crippen molar-refractivity contribution >= 4 is 36.9 Å². The molecule has 1 aromatic carbocycles. The van der Waals surface area contributed by atoms with Crippen molar-refractivity contribution in [1.29, 1.82) is 0 Å². The molecule has 0 aliphatic heterocycles. The molecule has 1 aromatic rings. The van der Waals surface area contributed by atoms with Gasteiger partial charge in [-0.3, -0.25) is 10.1 Å². The van der Waals surface area contributed by atoms with Crippen molar-refractivity contribution in [1.82, 2.24) is 0 Å². The Morgan fingerprint density at radius 3 is 2.59 bits per heavy atom. The van der Waals surface area contributed by atoms with Crippen LogP contribution in [0.1, 0.15) is 21.2 Å². The second-order valence-electron chi connectivity index (χ2n) is 3.21. The zero-order valence-electron chi connectivity index (χ0n) is 8.53. The molecule has 0 spiro atoms. The summed E-state index contributed by atoms with van der Waals surface area (Å²) < 4.78 is 0. The highest BCUT2D eigenvalue weighted by Gasteiger charge is 2.25. The molecule has 0 fully saturated rings. The van der Waals surface area contributed by atoms with Crippen LogP contribution in [0.5, 0.6) is 0 Å². The SMILES string of the molecule is NCC(S)c1c([N+](=O)[O-])ccc(C(=O)O)c1S. The van der Waals surface area contributed by atoms with Gasteiger partial charge in [-0.25, -0.2) is 4.79 Å². The van der Waals surface area contributed by atoms with Gasteiger partial charge in [0, 0.05) is 22.8 Å². The highest BCUT2D eigenvalue weighted by atomic mass is 32.1. The monoisotopic (exact) mass is 274 g/mol. The summed E-state index contributed by atoms with van der Waals surface area (Å²) in [6, 6.07) is 2.26. The largest absolute Gasteiger partial charge is 0.478 e. The summed E-state index contributed by atoms with van der Waals surface area (Å²) >= 11 is 8.12. The summed E-state index contributed by atoms with van der Waals surface area (Å²) in [5.74, 6) is -1.20. The number of thiol groups is 2. The van der Waals surface area contributed by atoms with E-state index in [-0.39, 0.29) is 28.3 Å². The Labute approximate surface area is 108 Å². The van der Waals surface area contributed by atoms with Crippen LogP contribution in [0.4, 0.5) is 5.69 Å². The van der Waals surface area contributed by atoms with Crippen molar-refractivity contribution in [3.63, 3.8) is 0 Å². The minimum absolute atomic E-state index is 0.0251. The van der Waals surface area contributed by atoms with E-state index >= 15 is 0 Å². The molecule has 92 valence electrons. The number of hydrogen-bond donors (Lipinski definition) is 4. The van der Waals surface area contributed by atoms with Crippen LogP contribution in [-0.2, 0) is 0 Å². The lowest BCUT2D eigenvalue weighted by Crippen LogP contribution is -2.12. The predicted octanol–water partition coefficient (Wildman–Crippen LogP) is 1.51. The Morgan fingerprint density at radius 2 is 2.18 bits per heavy atom. The molecule has 3 N–H and O–H groups in total. The summed E-state index contributed by atoms with van der Waals surface area (Å²) in [6.07, 6.45) is 0. The van der Waals surface area contributed by atoms with Gasteiger partial charge in [-0.2, -0.15) is 12.6 Å². The van der Waals surface area contributed by atoms with Crippen LogP contribution in [0.15, 0.2) is 17.0 Å². The van der Waals surface area contributed by atoms with Crippen LogP contribution in [0, 0.1) is 10.1 Å². The van der Waals surface area contributed by atoms with E-state index in [0.717, 1.165) is 12.1 Å². The molecule has 17 heavy (non-hydrogen) atoms. The lowest BCUT2D eigenvalue weighted by atomic mass is 10.0. The summed E-state index contributed by atoms with van der Waals surface area (Å²) in [4.78, 5) is 21.1. The maximum Gasteiger partial charge on any atom is 0.336 e. The van der Waals surface area contributed by atoms with E-state index < -0.39 is 16.1 Å². The third kappa shape index (κ3) is 2.71. The molecule has 0 heterocycles. The third-order valence-electron chi connectivity index (χ3n) is 2.18. The van der Waals surface area contributed by atoms with Crippen molar-refractivity contribution in [3.05, 3.63) is 33.4 Å². The molecule has 0 aromatic heterocycles. The van der Waals surface area contributed by atoms with Crippen molar-refractivity contribution in [2.45, 2.75) is 10.1 Å². The molecule has 8 heteroatoms. The molecule has 6 nitrogen and oxygen atoms in total. The van der Waals surface area contributed by atoms with E-state index in [4.69, 9.17) is 10.8 Å². The number of nitrogens with zero attached hydrogens (tertiary/aromatic N) is 1. The fraction of sp³-hybridized carbons (Fsp3) is 0.222. The quantitative estimate of drug-likeness (QED) is 0.378. The van der Waals surface area contributed by atoms with E-state index in [2.05, 4.69) is 25.3 Å². The predicted molar refractivity (Wildman–Crippen MR) is 68.1 cm³/mol. The third-order valence-corrected chi connectivity index (χ3v) is 3.13. The van der Waals surface area contributed by atoms with Crippen LogP contribution in [0.2, 0.25) is 0 Å². The second kappa shape index (κ2) is 5.39. The maximum atomic E-state index is 10.9. The van der Waals surface area contributed by atoms with Gasteiger partial charge in [0.1, 0.15) is 0 Å². The minimum Gasteiger partial charge on any atom is -0.478 e. The van der Waals surface area contributed by atoms with Crippen LogP contribution in [-0.4, -0.2) is 22.5 Å². The van der Waals surface area contributed by atoms with Crippen LogP contribution in [0.25, 0.3) is 0 Å². The van der Waals surface area contributed by atoms with Gasteiger partial charge in [-0.1, -0.05) is 0 Å². The Hall–Kier alpha value is -1.25. The van der Waals surface area contributed by atoms with E-state index in [1.165, 1.54) is 0 Å². The highest BCUT2D eigenvalue weighted by molar-refractivity contribution is 7.81. The van der Waals surface area contributed by atoms with Crippen molar-refractivity contribution in [2.75, 3.05) is 6.54 Å². The number of carboxylic acid groups (broad SMARTS) is 1. The lowest BCUT2D eigenvalue weighted by molar-refractivity contribution is -0.385. The highest BCUT2D eigenvalue weighted by Crippen LogP contribution is 2.35. The van der Waals surface area contributed by atoms with Gasteiger partial charge in [0.25, 0.3) is 5.69 Å². The molecule has 0 saturated heterocycles. The Balaban J connectivity index is 3.52. The Kier molecular flexibility index (Phi) is 4.38. The molecule has 1 atom stereocenters. The van der Waals surface area contributed by atoms with Crippen molar-refractivity contribution in [2.24, 2.45) is 5.73 Å². The standard InChI is InChI=1S/C9H10N2O4S2/c10-3-6(16)7-5(11(14)15)2-1-4(8(7)17)9(12)13/h1-2,6,16-17H,3,10H2,(H,12,13). The Morgan fingerprint density at radius 1 is 1.59 bits per heavy atom. The maximum absolute atomic E-state index is 10.9. The number of aromatic carboxylic acids is 1. The number of carbonyl (C=O) groups is 1. The summed E-state index contributed by atoms with van der Waals surface area (Å²) in [6.45, 7) is 0.0422. The first kappa shape index (κ1) is 13.8. The first-order valence-electron chi connectivity index (χ1n) is 4.51. The number of benzene rings is 1. The van der Waals surface area contributed by atoms with Gasteiger partial charge in [0.15, 0.2) is 0 Å². The number of nitro benzene ring substituents is 1. The average molecular weight is 274 g/mol. The number of nitrogens with two attached hydrogens (primary N) is 1. The molecular formula is C9H10N2O4S2. The van der Waals surface area contributed by atoms with Gasteiger partial charge >= 0.3 is 5.97 Å². The van der Waals surface area contributed by atoms with Gasteiger partial charge < -0.3 is 10.8 Å². The lowest BCUT2D eigenvalue weighted by Gasteiger charge is -2.13. The van der Waals surface area contributed by atoms with Crippen molar-refractivity contribution in [3.8, 4) is 0 Å². The summed E-state index contributed by atoms with van der Waals surface area (Å²) in [7, 11) is 0. The topological polar surface area (TPSA) is 106 Å². The first-order valence-corrected chi connectivity index (χ1v) is 5.48. The van der Waals surface area contributed by atoms with Gasteiger partial charge in [0.2, 0.25) is 0 Å².